The van der Waals surface area contributed by atoms with Gasteiger partial charge >= 0.3 is 0 Å². The number of nitrogens with zero attached hydrogens (tertiary/aromatic N) is 2. The molecule has 10 aromatic carbocycles. The number of hydrogen-bond acceptors (Lipinski definition) is 2. The van der Waals surface area contributed by atoms with Crippen molar-refractivity contribution in [3.63, 3.8) is 0 Å². The summed E-state index contributed by atoms with van der Waals surface area (Å²) >= 11 is 0. The van der Waals surface area contributed by atoms with Crippen molar-refractivity contribution in [2.75, 3.05) is 4.90 Å². The van der Waals surface area contributed by atoms with Crippen molar-refractivity contribution in [1.82, 2.24) is 4.57 Å². The van der Waals surface area contributed by atoms with Crippen LogP contribution in [0, 0.1) is 0 Å². The second kappa shape index (κ2) is 15.6. The fraction of sp³-hybridized carbons (Fsp3) is 0. The summed E-state index contributed by atoms with van der Waals surface area (Å²) in [6.45, 7) is 0. The first-order valence-corrected chi connectivity index (χ1v) is 23.9. The van der Waals surface area contributed by atoms with Crippen molar-refractivity contribution < 1.29 is 4.42 Å². The largest absolute Gasteiger partial charge is 0.456 e. The number of furan rings is 1. The number of aromatic nitrogens is 1. The molecule has 0 N–H and O–H groups in total. The molecular weight excluding hydrogens is 793 g/mol. The molecule has 0 radical (unpaired) electrons. The van der Waals surface area contributed by atoms with E-state index in [0.29, 0.717) is 0 Å². The van der Waals surface area contributed by atoms with E-state index in [1.54, 1.807) is 0 Å². The fourth-order valence-corrected chi connectivity index (χ4v) is 14.8. The maximum absolute atomic E-state index is 6.33. The molecule has 0 amide bonds. The number of fused-ring (bicyclic) bond motifs is 6. The van der Waals surface area contributed by atoms with E-state index in [9.17, 15) is 0 Å². The lowest BCUT2D eigenvalue weighted by molar-refractivity contribution is 0.669. The lowest BCUT2D eigenvalue weighted by atomic mass is 10.0. The van der Waals surface area contributed by atoms with Gasteiger partial charge in [0.2, 0.25) is 0 Å². The summed E-state index contributed by atoms with van der Waals surface area (Å²) < 4.78 is 8.71. The zero-order chi connectivity index (χ0) is 42.5. The van der Waals surface area contributed by atoms with E-state index in [2.05, 4.69) is 252 Å². The molecule has 0 spiro atoms. The summed E-state index contributed by atoms with van der Waals surface area (Å²) in [4.78, 5) is 2.41. The third-order valence-corrected chi connectivity index (χ3v) is 17.7. The molecular formula is C60H42N2OSi. The minimum Gasteiger partial charge on any atom is -0.456 e. The van der Waals surface area contributed by atoms with Crippen molar-refractivity contribution in [2.24, 2.45) is 0 Å². The van der Waals surface area contributed by atoms with Crippen LogP contribution in [0.2, 0.25) is 0 Å². The minimum absolute atomic E-state index is 0.876. The van der Waals surface area contributed by atoms with Crippen LogP contribution in [0.15, 0.2) is 259 Å². The summed E-state index contributed by atoms with van der Waals surface area (Å²) in [7, 11) is -2.63. The Labute approximate surface area is 373 Å². The highest BCUT2D eigenvalue weighted by molar-refractivity contribution is 7.19. The molecule has 64 heavy (non-hydrogen) atoms. The van der Waals surface area contributed by atoms with Crippen LogP contribution in [0.5, 0.6) is 0 Å². The Kier molecular flexibility index (Phi) is 9.17. The summed E-state index contributed by atoms with van der Waals surface area (Å²) in [5.74, 6) is 0. The maximum atomic E-state index is 6.33. The van der Waals surface area contributed by atoms with Crippen molar-refractivity contribution >= 4 is 89.6 Å². The first kappa shape index (κ1) is 37.6. The van der Waals surface area contributed by atoms with E-state index < -0.39 is 8.07 Å². The standard InChI is InChI=1S/C60H42N2OSi/c1-5-18-45(19-6-1)62-55-28-15-13-27-53(55)60-56(29-17-30-57(60)62)61(47-38-41-59-54(42-47)52-26-14-16-31-58(52)63-59)46-36-32-43(33-37-46)44-34-39-51(40-35-44)64(48-20-7-2-8-21-48,49-22-9-3-10-23-49)50-24-11-4-12-25-50/h1-42H. The fourth-order valence-electron chi connectivity index (χ4n) is 10.1. The minimum atomic E-state index is -2.63. The average Bonchev–Trinajstić information content (AvgIpc) is 3.92. The van der Waals surface area contributed by atoms with Crippen LogP contribution < -0.4 is 25.6 Å². The predicted octanol–water partition coefficient (Wildman–Crippen LogP) is 13.2. The summed E-state index contributed by atoms with van der Waals surface area (Å²) in [6.07, 6.45) is 0. The Morgan fingerprint density at radius 1 is 0.344 bits per heavy atom. The second-order valence-electron chi connectivity index (χ2n) is 16.4. The van der Waals surface area contributed by atoms with E-state index in [-0.39, 0.29) is 0 Å². The normalized spacial score (nSPS) is 11.8. The van der Waals surface area contributed by atoms with Crippen molar-refractivity contribution in [2.45, 2.75) is 0 Å². The van der Waals surface area contributed by atoms with Crippen LogP contribution >= 0.6 is 0 Å². The smallest absolute Gasteiger partial charge is 0.179 e. The molecule has 0 bridgehead atoms. The van der Waals surface area contributed by atoms with Gasteiger partial charge in [-0.15, -0.1) is 0 Å². The van der Waals surface area contributed by atoms with Crippen molar-refractivity contribution in [3.8, 4) is 16.8 Å². The Hall–Kier alpha value is -8.18. The highest BCUT2D eigenvalue weighted by atomic mass is 28.3. The van der Waals surface area contributed by atoms with E-state index >= 15 is 0 Å². The number of anilines is 3. The molecule has 0 unspecified atom stereocenters. The summed E-state index contributed by atoms with van der Waals surface area (Å²) in [6, 6.07) is 92.8. The molecule has 12 rings (SSSR count). The first-order chi connectivity index (χ1) is 31.8. The monoisotopic (exact) mass is 834 g/mol. The second-order valence-corrected chi connectivity index (χ2v) is 20.3. The molecule has 0 aliphatic rings. The Bertz CT molecular complexity index is 3490. The van der Waals surface area contributed by atoms with Gasteiger partial charge in [0.15, 0.2) is 8.07 Å². The van der Waals surface area contributed by atoms with E-state index in [4.69, 9.17) is 4.42 Å². The number of hydrogen-bond donors (Lipinski definition) is 0. The van der Waals surface area contributed by atoms with E-state index in [0.717, 1.165) is 55.8 Å². The third-order valence-electron chi connectivity index (χ3n) is 12.9. The molecule has 4 heteroatoms. The molecule has 0 fully saturated rings. The molecule has 2 heterocycles. The van der Waals surface area contributed by atoms with Crippen LogP contribution in [0.4, 0.5) is 17.1 Å². The Morgan fingerprint density at radius 3 is 1.47 bits per heavy atom. The van der Waals surface area contributed by atoms with Gasteiger partial charge in [0.05, 0.1) is 16.7 Å². The topological polar surface area (TPSA) is 21.3 Å². The van der Waals surface area contributed by atoms with Gasteiger partial charge in [-0.1, -0.05) is 188 Å². The number of benzene rings is 10. The SMILES string of the molecule is c1ccc(-n2c3ccccc3c3c(N(c4ccc(-c5ccc([Si](c6ccccc6)(c6ccccc6)c6ccccc6)cc5)cc4)c4ccc5oc6ccccc6c5c4)cccc32)cc1. The van der Waals surface area contributed by atoms with Gasteiger partial charge in [0.25, 0.3) is 0 Å². The Morgan fingerprint density at radius 2 is 0.828 bits per heavy atom. The van der Waals surface area contributed by atoms with Gasteiger partial charge in [-0.2, -0.15) is 0 Å². The van der Waals surface area contributed by atoms with Gasteiger partial charge in [-0.05, 0) is 98.6 Å². The van der Waals surface area contributed by atoms with Crippen molar-refractivity contribution in [3.05, 3.63) is 255 Å². The molecule has 2 aromatic heterocycles. The highest BCUT2D eigenvalue weighted by Crippen LogP contribution is 2.45. The molecule has 12 aromatic rings. The molecule has 0 saturated carbocycles. The van der Waals surface area contributed by atoms with Crippen LogP contribution in [-0.2, 0) is 0 Å². The lowest BCUT2D eigenvalue weighted by Gasteiger charge is -2.34. The van der Waals surface area contributed by atoms with Crippen LogP contribution in [0.1, 0.15) is 0 Å². The molecule has 3 nitrogen and oxygen atoms in total. The average molecular weight is 835 g/mol. The Balaban J connectivity index is 1.01. The van der Waals surface area contributed by atoms with Crippen LogP contribution in [-0.4, -0.2) is 12.6 Å². The summed E-state index contributed by atoms with van der Waals surface area (Å²) in [5, 5.41) is 10.1. The zero-order valence-corrected chi connectivity index (χ0v) is 36.1. The quantitative estimate of drug-likeness (QED) is 0.107. The van der Waals surface area contributed by atoms with Gasteiger partial charge in [0, 0.05) is 38.6 Å². The predicted molar refractivity (Wildman–Crippen MR) is 272 cm³/mol. The molecule has 0 atom stereocenters. The van der Waals surface area contributed by atoms with E-state index in [1.807, 2.05) is 12.1 Å². The maximum Gasteiger partial charge on any atom is 0.179 e. The number of rotatable bonds is 9. The first-order valence-electron chi connectivity index (χ1n) is 21.9. The van der Waals surface area contributed by atoms with E-state index in [1.165, 1.54) is 42.6 Å². The third kappa shape index (κ3) is 6.10. The van der Waals surface area contributed by atoms with Crippen LogP contribution in [0.3, 0.4) is 0 Å². The van der Waals surface area contributed by atoms with Crippen LogP contribution in [0.25, 0.3) is 60.6 Å². The summed E-state index contributed by atoms with van der Waals surface area (Å²) in [5.41, 5.74) is 10.8. The number of para-hydroxylation sites is 3. The van der Waals surface area contributed by atoms with Crippen molar-refractivity contribution in [1.29, 1.82) is 0 Å². The van der Waals surface area contributed by atoms with Gasteiger partial charge < -0.3 is 13.9 Å². The zero-order valence-electron chi connectivity index (χ0n) is 35.1. The van der Waals surface area contributed by atoms with Gasteiger partial charge in [0.1, 0.15) is 11.2 Å². The molecule has 0 aliphatic heterocycles. The molecule has 0 aliphatic carbocycles. The van der Waals surface area contributed by atoms with Gasteiger partial charge in [-0.25, -0.2) is 0 Å². The lowest BCUT2D eigenvalue weighted by Crippen LogP contribution is -2.74. The highest BCUT2D eigenvalue weighted by Gasteiger charge is 2.41. The molecule has 0 saturated heterocycles. The molecule has 302 valence electrons. The van der Waals surface area contributed by atoms with Gasteiger partial charge in [-0.3, -0.25) is 0 Å².